The number of hydrogen-bond donors (Lipinski definition) is 3. The van der Waals surface area contributed by atoms with E-state index in [9.17, 15) is 13.2 Å². The lowest BCUT2D eigenvalue weighted by atomic mass is 10.3. The van der Waals surface area contributed by atoms with Crippen LogP contribution in [0.4, 0.5) is 10.7 Å². The fourth-order valence-corrected chi connectivity index (χ4v) is 4.19. The van der Waals surface area contributed by atoms with Crippen molar-refractivity contribution in [2.45, 2.75) is 18.4 Å². The molecule has 108 valence electrons. The van der Waals surface area contributed by atoms with Gasteiger partial charge in [-0.1, -0.05) is 0 Å². The topological polar surface area (TPSA) is 118 Å². The third kappa shape index (κ3) is 2.83. The van der Waals surface area contributed by atoms with Crippen LogP contribution < -0.4 is 11.1 Å². The number of H-pyrrole nitrogens is 1. The zero-order valence-corrected chi connectivity index (χ0v) is 12.6. The second-order valence-corrected chi connectivity index (χ2v) is 7.26. The molecular weight excluding hydrogens is 300 g/mol. The molecule has 0 amide bonds. The van der Waals surface area contributed by atoms with Crippen LogP contribution in [0, 0.1) is 0 Å². The van der Waals surface area contributed by atoms with Crippen LogP contribution in [0.1, 0.15) is 22.2 Å². The predicted molar refractivity (Wildman–Crippen MR) is 77.8 cm³/mol. The molecule has 2 aromatic rings. The Bertz CT molecular complexity index is 732. The monoisotopic (exact) mass is 314 g/mol. The fraction of sp³-hybridized carbons (Fsp3) is 0.273. The van der Waals surface area contributed by atoms with Gasteiger partial charge in [-0.3, -0.25) is 9.89 Å². The number of nitrogens with zero attached hydrogens (tertiary/aromatic N) is 1. The number of hydrogen-bond acceptors (Lipinski definition) is 7. The number of aromatic nitrogens is 2. The van der Waals surface area contributed by atoms with Crippen LogP contribution in [0.3, 0.4) is 0 Å². The summed E-state index contributed by atoms with van der Waals surface area (Å²) in [6.45, 7) is 1.74. The Morgan fingerprint density at radius 1 is 1.55 bits per heavy atom. The number of nitrogen functional groups attached to an aromatic ring is 1. The Labute approximate surface area is 120 Å². The van der Waals surface area contributed by atoms with E-state index in [0.29, 0.717) is 11.5 Å². The van der Waals surface area contributed by atoms with Crippen LogP contribution in [-0.2, 0) is 16.4 Å². The molecule has 0 unspecified atom stereocenters. The first kappa shape index (κ1) is 14.5. The van der Waals surface area contributed by atoms with Crippen molar-refractivity contribution in [2.24, 2.45) is 0 Å². The van der Waals surface area contributed by atoms with Gasteiger partial charge in [0.15, 0.2) is 15.6 Å². The van der Waals surface area contributed by atoms with Crippen molar-refractivity contribution < 1.29 is 13.2 Å². The number of carbonyl (C=O) groups excluding carboxylic acids is 1. The summed E-state index contributed by atoms with van der Waals surface area (Å²) in [6.07, 6.45) is 4.38. The summed E-state index contributed by atoms with van der Waals surface area (Å²) in [6, 6.07) is 0. The molecule has 7 nitrogen and oxygen atoms in total. The smallest absolute Gasteiger partial charge is 0.180 e. The molecule has 0 atom stereocenters. The highest BCUT2D eigenvalue weighted by atomic mass is 32.2. The van der Waals surface area contributed by atoms with E-state index in [-0.39, 0.29) is 21.2 Å². The largest absolute Gasteiger partial charge is 0.396 e. The Balaban J connectivity index is 2.41. The number of aromatic amines is 1. The number of sulfone groups is 1. The van der Waals surface area contributed by atoms with Gasteiger partial charge in [0.1, 0.15) is 9.90 Å². The Morgan fingerprint density at radius 2 is 2.25 bits per heavy atom. The van der Waals surface area contributed by atoms with E-state index >= 15 is 0 Å². The third-order valence-corrected chi connectivity index (χ3v) is 5.16. The van der Waals surface area contributed by atoms with Crippen LogP contribution in [0.2, 0.25) is 0 Å². The Morgan fingerprint density at radius 3 is 2.75 bits per heavy atom. The van der Waals surface area contributed by atoms with Gasteiger partial charge < -0.3 is 11.1 Å². The molecule has 4 N–H and O–H groups in total. The van der Waals surface area contributed by atoms with Crippen LogP contribution in [0.25, 0.3) is 0 Å². The zero-order valence-electron chi connectivity index (χ0n) is 10.9. The number of carbonyl (C=O) groups is 1. The number of anilines is 2. The van der Waals surface area contributed by atoms with Crippen molar-refractivity contribution in [3.63, 3.8) is 0 Å². The molecule has 20 heavy (non-hydrogen) atoms. The molecule has 0 aliphatic heterocycles. The van der Waals surface area contributed by atoms with Gasteiger partial charge in [-0.05, 0) is 0 Å². The van der Waals surface area contributed by atoms with Crippen LogP contribution in [0.5, 0.6) is 0 Å². The minimum Gasteiger partial charge on any atom is -0.396 e. The Kier molecular flexibility index (Phi) is 3.82. The SMILES string of the molecule is CC(=O)c1sc(NCc2cn[nH]c2)c(S(C)(=O)=O)c1N. The molecule has 2 heterocycles. The normalized spacial score (nSPS) is 11.5. The highest BCUT2D eigenvalue weighted by Gasteiger charge is 2.25. The van der Waals surface area contributed by atoms with Gasteiger partial charge in [0, 0.05) is 31.5 Å². The highest BCUT2D eigenvalue weighted by Crippen LogP contribution is 2.39. The molecule has 0 aliphatic rings. The second kappa shape index (κ2) is 5.25. The maximum atomic E-state index is 11.8. The maximum Gasteiger partial charge on any atom is 0.180 e. The number of nitrogens with one attached hydrogen (secondary N) is 2. The van der Waals surface area contributed by atoms with E-state index in [1.54, 1.807) is 12.4 Å². The Hall–Kier alpha value is -1.87. The molecule has 0 spiro atoms. The van der Waals surface area contributed by atoms with Gasteiger partial charge >= 0.3 is 0 Å². The van der Waals surface area contributed by atoms with Crippen LogP contribution in [-0.4, -0.2) is 30.7 Å². The standard InChI is InChI=1S/C11H14N4O3S2/c1-6(16)9-8(12)10(20(2,17)18)11(19-9)13-3-7-4-14-15-5-7/h4-5,13H,3,12H2,1-2H3,(H,14,15). The van der Waals surface area contributed by atoms with Crippen molar-refractivity contribution in [2.75, 3.05) is 17.3 Å². The van der Waals surface area contributed by atoms with Gasteiger partial charge in [-0.25, -0.2) is 8.42 Å². The molecule has 0 saturated heterocycles. The number of ketones is 1. The molecule has 0 bridgehead atoms. The molecule has 0 aliphatic carbocycles. The summed E-state index contributed by atoms with van der Waals surface area (Å²) in [4.78, 5) is 11.7. The molecule has 2 rings (SSSR count). The minimum absolute atomic E-state index is 0.0136. The summed E-state index contributed by atoms with van der Waals surface area (Å²) in [5, 5.41) is 9.82. The summed E-state index contributed by atoms with van der Waals surface area (Å²) in [7, 11) is -3.52. The first-order valence-electron chi connectivity index (χ1n) is 5.65. The van der Waals surface area contributed by atoms with Gasteiger partial charge in [0.2, 0.25) is 0 Å². The first-order valence-corrected chi connectivity index (χ1v) is 8.36. The molecule has 2 aromatic heterocycles. The lowest BCUT2D eigenvalue weighted by Crippen LogP contribution is -2.06. The lowest BCUT2D eigenvalue weighted by Gasteiger charge is -2.05. The molecule has 0 fully saturated rings. The summed E-state index contributed by atoms with van der Waals surface area (Å²) in [5.74, 6) is -0.256. The van der Waals surface area contributed by atoms with Gasteiger partial charge in [-0.2, -0.15) is 5.10 Å². The van der Waals surface area contributed by atoms with E-state index in [1.165, 1.54) is 6.92 Å². The summed E-state index contributed by atoms with van der Waals surface area (Å²) < 4.78 is 23.7. The summed E-state index contributed by atoms with van der Waals surface area (Å²) in [5.41, 5.74) is 6.67. The van der Waals surface area contributed by atoms with Crippen LogP contribution in [0.15, 0.2) is 17.3 Å². The van der Waals surface area contributed by atoms with E-state index in [2.05, 4.69) is 15.5 Å². The molecule has 0 saturated carbocycles. The molecular formula is C11H14N4O3S2. The van der Waals surface area contributed by atoms with Crippen molar-refractivity contribution in [1.82, 2.24) is 10.2 Å². The molecule has 0 radical (unpaired) electrons. The average molecular weight is 314 g/mol. The second-order valence-electron chi connectivity index (χ2n) is 4.29. The van der Waals surface area contributed by atoms with Crippen molar-refractivity contribution >= 4 is 37.6 Å². The molecule has 0 aromatic carbocycles. The third-order valence-electron chi connectivity index (χ3n) is 2.60. The van der Waals surface area contributed by atoms with Crippen molar-refractivity contribution in [1.29, 1.82) is 0 Å². The van der Waals surface area contributed by atoms with Crippen LogP contribution >= 0.6 is 11.3 Å². The number of thiophene rings is 1. The molecule has 9 heteroatoms. The number of nitrogens with two attached hydrogens (primary N) is 1. The number of Topliss-reactive ketones (excluding diaryl/α,β-unsaturated/α-hetero) is 1. The van der Waals surface area contributed by atoms with E-state index in [0.717, 1.165) is 23.2 Å². The fourth-order valence-electron chi connectivity index (χ4n) is 1.73. The lowest BCUT2D eigenvalue weighted by molar-refractivity contribution is 0.102. The average Bonchev–Trinajstić information content (AvgIpc) is 2.92. The predicted octanol–water partition coefficient (Wildman–Crippen LogP) is 1.27. The van der Waals surface area contributed by atoms with E-state index in [1.807, 2.05) is 0 Å². The van der Waals surface area contributed by atoms with Gasteiger partial charge in [0.25, 0.3) is 0 Å². The van der Waals surface area contributed by atoms with Crippen molar-refractivity contribution in [3.05, 3.63) is 22.8 Å². The first-order chi connectivity index (χ1) is 9.30. The highest BCUT2D eigenvalue weighted by molar-refractivity contribution is 7.91. The van der Waals surface area contributed by atoms with E-state index < -0.39 is 9.84 Å². The summed E-state index contributed by atoms with van der Waals surface area (Å²) >= 11 is 1.05. The minimum atomic E-state index is -3.52. The van der Waals surface area contributed by atoms with Gasteiger partial charge in [-0.15, -0.1) is 11.3 Å². The van der Waals surface area contributed by atoms with Crippen molar-refractivity contribution in [3.8, 4) is 0 Å². The van der Waals surface area contributed by atoms with E-state index in [4.69, 9.17) is 5.73 Å². The zero-order chi connectivity index (χ0) is 14.9. The van der Waals surface area contributed by atoms with Gasteiger partial charge in [0.05, 0.1) is 16.8 Å². The quantitative estimate of drug-likeness (QED) is 0.715. The maximum absolute atomic E-state index is 11.8. The number of rotatable bonds is 5.